The first-order valence-corrected chi connectivity index (χ1v) is 6.81. The lowest BCUT2D eigenvalue weighted by Crippen LogP contribution is -2.26. The molecule has 2 N–H and O–H groups in total. The minimum Gasteiger partial charge on any atom is -0.330 e. The molecule has 0 radical (unpaired) electrons. The Morgan fingerprint density at radius 2 is 1.95 bits per heavy atom. The second kappa shape index (κ2) is 5.43. The van der Waals surface area contributed by atoms with Gasteiger partial charge in [-0.05, 0) is 24.6 Å². The molecule has 1 atom stereocenters. The van der Waals surface area contributed by atoms with Crippen LogP contribution in [0.3, 0.4) is 0 Å². The zero-order valence-electron chi connectivity index (χ0n) is 11.2. The van der Waals surface area contributed by atoms with Crippen molar-refractivity contribution in [2.75, 3.05) is 18.0 Å². The molecule has 102 valence electrons. The first-order chi connectivity index (χ1) is 9.78. The monoisotopic (exact) mass is 267 g/mol. The second-order valence-electron chi connectivity index (χ2n) is 5.06. The molecule has 1 aliphatic heterocycles. The Hall–Kier alpha value is -2.20. The number of carbonyl (C=O) groups is 1. The van der Waals surface area contributed by atoms with Crippen molar-refractivity contribution in [2.45, 2.75) is 6.42 Å². The summed E-state index contributed by atoms with van der Waals surface area (Å²) in [4.78, 5) is 18.4. The van der Waals surface area contributed by atoms with Crippen molar-refractivity contribution >= 4 is 11.7 Å². The third-order valence-corrected chi connectivity index (χ3v) is 3.62. The van der Waals surface area contributed by atoms with Crippen LogP contribution in [-0.4, -0.2) is 24.0 Å². The van der Waals surface area contributed by atoms with Gasteiger partial charge in [0.05, 0.1) is 5.69 Å². The van der Waals surface area contributed by atoms with Gasteiger partial charge in [-0.15, -0.1) is 0 Å². The molecule has 3 rings (SSSR count). The van der Waals surface area contributed by atoms with Crippen molar-refractivity contribution in [3.05, 3.63) is 48.5 Å². The number of benzene rings is 1. The van der Waals surface area contributed by atoms with E-state index in [0.717, 1.165) is 11.3 Å². The molecule has 1 fully saturated rings. The predicted molar refractivity (Wildman–Crippen MR) is 79.2 cm³/mol. The van der Waals surface area contributed by atoms with Gasteiger partial charge in [-0.25, -0.2) is 4.98 Å². The molecular formula is C16H17N3O. The molecular weight excluding hydrogens is 250 g/mol. The van der Waals surface area contributed by atoms with Crippen LogP contribution in [-0.2, 0) is 4.79 Å². The Kier molecular flexibility index (Phi) is 3.48. The van der Waals surface area contributed by atoms with Crippen LogP contribution in [0.25, 0.3) is 11.3 Å². The minimum absolute atomic E-state index is 0.109. The first-order valence-electron chi connectivity index (χ1n) is 6.81. The number of amides is 1. The van der Waals surface area contributed by atoms with Crippen LogP contribution >= 0.6 is 0 Å². The zero-order valence-corrected chi connectivity index (χ0v) is 11.2. The van der Waals surface area contributed by atoms with Gasteiger partial charge in [0.2, 0.25) is 5.91 Å². The maximum atomic E-state index is 12.0. The smallest absolute Gasteiger partial charge is 0.228 e. The third-order valence-electron chi connectivity index (χ3n) is 3.62. The zero-order chi connectivity index (χ0) is 13.9. The van der Waals surface area contributed by atoms with Crippen molar-refractivity contribution < 1.29 is 4.79 Å². The number of anilines is 1. The van der Waals surface area contributed by atoms with Crippen LogP contribution in [0.5, 0.6) is 0 Å². The standard InChI is InChI=1S/C16H17N3O/c17-10-12-9-16(20)19(11-12)15-8-4-7-14(18-15)13-5-2-1-3-6-13/h1-8,12H,9-11,17H2. The van der Waals surface area contributed by atoms with Crippen LogP contribution in [0.15, 0.2) is 48.5 Å². The van der Waals surface area contributed by atoms with Gasteiger partial charge in [0.1, 0.15) is 5.82 Å². The molecule has 20 heavy (non-hydrogen) atoms. The van der Waals surface area contributed by atoms with E-state index >= 15 is 0 Å². The largest absolute Gasteiger partial charge is 0.330 e. The molecule has 1 amide bonds. The van der Waals surface area contributed by atoms with Crippen LogP contribution in [0.1, 0.15) is 6.42 Å². The first kappa shape index (κ1) is 12.8. The molecule has 1 aromatic carbocycles. The summed E-state index contributed by atoms with van der Waals surface area (Å²) in [6.45, 7) is 1.21. The Morgan fingerprint density at radius 1 is 1.15 bits per heavy atom. The van der Waals surface area contributed by atoms with Crippen molar-refractivity contribution in [1.29, 1.82) is 0 Å². The highest BCUT2D eigenvalue weighted by molar-refractivity contribution is 5.95. The molecule has 2 aromatic rings. The summed E-state index contributed by atoms with van der Waals surface area (Å²) in [5, 5.41) is 0. The lowest BCUT2D eigenvalue weighted by Gasteiger charge is -2.16. The van der Waals surface area contributed by atoms with Crippen molar-refractivity contribution in [3.8, 4) is 11.3 Å². The van der Waals surface area contributed by atoms with Crippen LogP contribution < -0.4 is 10.6 Å². The number of aromatic nitrogens is 1. The molecule has 0 aliphatic carbocycles. The Morgan fingerprint density at radius 3 is 2.65 bits per heavy atom. The average Bonchev–Trinajstić information content (AvgIpc) is 2.89. The summed E-state index contributed by atoms with van der Waals surface area (Å²) in [7, 11) is 0. The maximum Gasteiger partial charge on any atom is 0.228 e. The van der Waals surface area contributed by atoms with Gasteiger partial charge in [-0.1, -0.05) is 36.4 Å². The Balaban J connectivity index is 1.91. The highest BCUT2D eigenvalue weighted by atomic mass is 16.2. The van der Waals surface area contributed by atoms with E-state index in [-0.39, 0.29) is 11.8 Å². The van der Waals surface area contributed by atoms with E-state index in [2.05, 4.69) is 4.98 Å². The molecule has 1 aliphatic rings. The number of hydrogen-bond acceptors (Lipinski definition) is 3. The fourth-order valence-electron chi connectivity index (χ4n) is 2.50. The summed E-state index contributed by atoms with van der Waals surface area (Å²) in [5.74, 6) is 1.06. The highest BCUT2D eigenvalue weighted by Crippen LogP contribution is 2.25. The van der Waals surface area contributed by atoms with E-state index in [1.807, 2.05) is 48.5 Å². The fraction of sp³-hybridized carbons (Fsp3) is 0.250. The number of nitrogens with zero attached hydrogens (tertiary/aromatic N) is 2. The van der Waals surface area contributed by atoms with Gasteiger partial charge < -0.3 is 5.73 Å². The van der Waals surface area contributed by atoms with Crippen molar-refractivity contribution in [1.82, 2.24) is 4.98 Å². The fourth-order valence-corrected chi connectivity index (χ4v) is 2.50. The lowest BCUT2D eigenvalue weighted by molar-refractivity contribution is -0.117. The summed E-state index contributed by atoms with van der Waals surface area (Å²) < 4.78 is 0. The van der Waals surface area contributed by atoms with Crippen LogP contribution in [0, 0.1) is 5.92 Å². The average molecular weight is 267 g/mol. The van der Waals surface area contributed by atoms with Gasteiger partial charge in [0.15, 0.2) is 0 Å². The molecule has 1 aromatic heterocycles. The highest BCUT2D eigenvalue weighted by Gasteiger charge is 2.30. The summed E-state index contributed by atoms with van der Waals surface area (Å²) in [6, 6.07) is 15.7. The van der Waals surface area contributed by atoms with Gasteiger partial charge in [0.25, 0.3) is 0 Å². The van der Waals surface area contributed by atoms with E-state index in [1.54, 1.807) is 4.90 Å². The molecule has 0 spiro atoms. The van der Waals surface area contributed by atoms with Crippen molar-refractivity contribution in [2.24, 2.45) is 11.7 Å². The number of carbonyl (C=O) groups excluding carboxylic acids is 1. The van der Waals surface area contributed by atoms with E-state index in [9.17, 15) is 4.79 Å². The molecule has 1 saturated heterocycles. The molecule has 4 nitrogen and oxygen atoms in total. The van der Waals surface area contributed by atoms with Gasteiger partial charge in [-0.3, -0.25) is 9.69 Å². The summed E-state index contributed by atoms with van der Waals surface area (Å²) in [6.07, 6.45) is 0.522. The predicted octanol–water partition coefficient (Wildman–Crippen LogP) is 2.06. The van der Waals surface area contributed by atoms with Crippen LogP contribution in [0.4, 0.5) is 5.82 Å². The summed E-state index contributed by atoms with van der Waals surface area (Å²) in [5.41, 5.74) is 7.59. The Bertz CT molecular complexity index is 612. The van der Waals surface area contributed by atoms with E-state index in [0.29, 0.717) is 25.3 Å². The van der Waals surface area contributed by atoms with Crippen molar-refractivity contribution in [3.63, 3.8) is 0 Å². The molecule has 4 heteroatoms. The molecule has 0 bridgehead atoms. The van der Waals surface area contributed by atoms with E-state index < -0.39 is 0 Å². The normalized spacial score (nSPS) is 18.6. The van der Waals surface area contributed by atoms with E-state index in [1.165, 1.54) is 0 Å². The van der Waals surface area contributed by atoms with Gasteiger partial charge in [-0.2, -0.15) is 0 Å². The second-order valence-corrected chi connectivity index (χ2v) is 5.06. The van der Waals surface area contributed by atoms with Gasteiger partial charge >= 0.3 is 0 Å². The SMILES string of the molecule is NCC1CC(=O)N(c2cccc(-c3ccccc3)n2)C1. The van der Waals surface area contributed by atoms with Gasteiger partial charge in [0, 0.05) is 18.5 Å². The topological polar surface area (TPSA) is 59.2 Å². The summed E-state index contributed by atoms with van der Waals surface area (Å²) >= 11 is 0. The molecule has 0 saturated carbocycles. The number of rotatable bonds is 3. The molecule has 1 unspecified atom stereocenters. The lowest BCUT2D eigenvalue weighted by atomic mass is 10.1. The van der Waals surface area contributed by atoms with E-state index in [4.69, 9.17) is 5.73 Å². The number of nitrogens with two attached hydrogens (primary N) is 1. The minimum atomic E-state index is 0.109. The maximum absolute atomic E-state index is 12.0. The third kappa shape index (κ3) is 2.42. The number of hydrogen-bond donors (Lipinski definition) is 1. The molecule has 2 heterocycles. The Labute approximate surface area is 118 Å². The van der Waals surface area contributed by atoms with Crippen LogP contribution in [0.2, 0.25) is 0 Å². The quantitative estimate of drug-likeness (QED) is 0.926. The number of pyridine rings is 1.